The molecule has 0 saturated carbocycles. The molecule has 1 aromatic rings. The second kappa shape index (κ2) is 8.60. The number of hydrogen-bond donors (Lipinski definition) is 1. The molecule has 1 aliphatic rings. The van der Waals surface area contributed by atoms with Crippen molar-refractivity contribution < 1.29 is 0 Å². The second-order valence-electron chi connectivity index (χ2n) is 5.70. The molecule has 116 valence electrons. The Kier molecular flexibility index (Phi) is 6.44. The summed E-state index contributed by atoms with van der Waals surface area (Å²) in [6.07, 6.45) is 12.7. The maximum atomic E-state index is 4.53. The Balaban J connectivity index is 1.81. The zero-order valence-electron chi connectivity index (χ0n) is 13.3. The molecule has 0 aromatic carbocycles. The van der Waals surface area contributed by atoms with Gasteiger partial charge in [-0.3, -0.25) is 0 Å². The van der Waals surface area contributed by atoms with E-state index in [2.05, 4.69) is 45.4 Å². The van der Waals surface area contributed by atoms with E-state index < -0.39 is 0 Å². The highest BCUT2D eigenvalue weighted by Gasteiger charge is 2.06. The summed E-state index contributed by atoms with van der Waals surface area (Å²) in [5.41, 5.74) is 1.57. The topological polar surface area (TPSA) is 53.9 Å². The molecule has 1 heterocycles. The summed E-state index contributed by atoms with van der Waals surface area (Å²) in [5, 5.41) is 11.4. The highest BCUT2D eigenvalue weighted by atomic mass is 15.3. The van der Waals surface area contributed by atoms with Gasteiger partial charge in [-0.2, -0.15) is 10.1 Å². The van der Waals surface area contributed by atoms with Gasteiger partial charge in [-0.05, 0) is 38.5 Å². The maximum absolute atomic E-state index is 4.53. The Hall–Kier alpha value is -1.65. The van der Waals surface area contributed by atoms with E-state index >= 15 is 0 Å². The molecule has 0 aliphatic heterocycles. The number of anilines is 2. The number of rotatable bonds is 8. The van der Waals surface area contributed by atoms with Crippen LogP contribution in [0.1, 0.15) is 51.9 Å². The van der Waals surface area contributed by atoms with Crippen LogP contribution in [0.2, 0.25) is 0 Å². The van der Waals surface area contributed by atoms with Crippen molar-refractivity contribution in [2.75, 3.05) is 30.4 Å². The number of unbranched alkanes of at least 4 members (excludes halogenated alkanes) is 1. The van der Waals surface area contributed by atoms with Crippen molar-refractivity contribution in [3.05, 3.63) is 17.8 Å². The summed E-state index contributed by atoms with van der Waals surface area (Å²) in [6.45, 7) is 4.08. The predicted octanol–water partition coefficient (Wildman–Crippen LogP) is 3.41. The van der Waals surface area contributed by atoms with Gasteiger partial charge in [0.1, 0.15) is 0 Å². The molecule has 1 N–H and O–H groups in total. The number of nitrogens with zero attached hydrogens (tertiary/aromatic N) is 4. The van der Waals surface area contributed by atoms with Gasteiger partial charge in [0, 0.05) is 20.1 Å². The van der Waals surface area contributed by atoms with Crippen LogP contribution in [0.4, 0.5) is 11.8 Å². The van der Waals surface area contributed by atoms with Crippen LogP contribution >= 0.6 is 0 Å². The average Bonchev–Trinajstić information content (AvgIpc) is 2.54. The zero-order valence-corrected chi connectivity index (χ0v) is 13.3. The van der Waals surface area contributed by atoms with E-state index in [1.54, 1.807) is 11.8 Å². The summed E-state index contributed by atoms with van der Waals surface area (Å²) in [4.78, 5) is 6.66. The molecule has 2 rings (SSSR count). The van der Waals surface area contributed by atoms with Crippen LogP contribution in [0.15, 0.2) is 17.8 Å². The lowest BCUT2D eigenvalue weighted by molar-refractivity contribution is 0.678. The minimum Gasteiger partial charge on any atom is -0.358 e. The molecule has 5 heteroatoms. The molecule has 0 amide bonds. The van der Waals surface area contributed by atoms with Gasteiger partial charge >= 0.3 is 0 Å². The average molecular weight is 289 g/mol. The fourth-order valence-corrected chi connectivity index (χ4v) is 2.53. The van der Waals surface area contributed by atoms with Gasteiger partial charge in [0.2, 0.25) is 5.95 Å². The minimum atomic E-state index is 0.632. The molecular weight excluding hydrogens is 262 g/mol. The highest BCUT2D eigenvalue weighted by Crippen LogP contribution is 2.19. The fourth-order valence-electron chi connectivity index (χ4n) is 2.53. The van der Waals surface area contributed by atoms with Gasteiger partial charge in [-0.15, -0.1) is 5.10 Å². The molecule has 0 radical (unpaired) electrons. The van der Waals surface area contributed by atoms with Crippen LogP contribution in [0.5, 0.6) is 0 Å². The van der Waals surface area contributed by atoms with E-state index in [0.717, 1.165) is 31.7 Å². The number of hydrogen-bond acceptors (Lipinski definition) is 5. The molecule has 1 aliphatic carbocycles. The van der Waals surface area contributed by atoms with Gasteiger partial charge in [-0.25, -0.2) is 0 Å². The first-order chi connectivity index (χ1) is 10.3. The predicted molar refractivity (Wildman–Crippen MR) is 87.7 cm³/mol. The first-order valence-electron chi connectivity index (χ1n) is 8.12. The van der Waals surface area contributed by atoms with Crippen LogP contribution < -0.4 is 10.2 Å². The lowest BCUT2D eigenvalue weighted by Gasteiger charge is -2.17. The number of nitrogens with one attached hydrogen (secondary N) is 1. The van der Waals surface area contributed by atoms with E-state index in [1.807, 2.05) is 0 Å². The Morgan fingerprint density at radius 3 is 3.00 bits per heavy atom. The van der Waals surface area contributed by atoms with Crippen molar-refractivity contribution in [3.63, 3.8) is 0 Å². The van der Waals surface area contributed by atoms with Crippen molar-refractivity contribution in [3.8, 4) is 0 Å². The lowest BCUT2D eigenvalue weighted by Crippen LogP contribution is -2.20. The molecule has 21 heavy (non-hydrogen) atoms. The third kappa shape index (κ3) is 5.33. The Bertz CT molecular complexity index is 458. The normalized spacial score (nSPS) is 14.7. The third-order valence-electron chi connectivity index (χ3n) is 3.90. The summed E-state index contributed by atoms with van der Waals surface area (Å²) in [6, 6.07) is 0. The molecule has 0 spiro atoms. The molecule has 0 atom stereocenters. The van der Waals surface area contributed by atoms with E-state index in [9.17, 15) is 0 Å². The standard InChI is InChI=1S/C16H27N5/c1-3-4-12-21(2)15-13-18-20-16(19-15)17-11-10-14-8-6-5-7-9-14/h8,13H,3-7,9-12H2,1-2H3,(H,17,19,20). The van der Waals surface area contributed by atoms with E-state index in [-0.39, 0.29) is 0 Å². The van der Waals surface area contributed by atoms with Crippen LogP contribution in [0.3, 0.4) is 0 Å². The van der Waals surface area contributed by atoms with Crippen LogP contribution in [-0.2, 0) is 0 Å². The van der Waals surface area contributed by atoms with Gasteiger partial charge in [0.15, 0.2) is 5.82 Å². The molecule has 1 aromatic heterocycles. The van der Waals surface area contributed by atoms with Crippen molar-refractivity contribution >= 4 is 11.8 Å². The molecular formula is C16H27N5. The zero-order chi connectivity index (χ0) is 14.9. The quantitative estimate of drug-likeness (QED) is 0.743. The van der Waals surface area contributed by atoms with E-state index in [4.69, 9.17) is 0 Å². The van der Waals surface area contributed by atoms with Crippen molar-refractivity contribution in [2.45, 2.75) is 51.9 Å². The molecule has 0 bridgehead atoms. The SMILES string of the molecule is CCCCN(C)c1cnnc(NCCC2=CCCCC2)n1. The molecule has 5 nitrogen and oxygen atoms in total. The summed E-state index contributed by atoms with van der Waals surface area (Å²) in [5.74, 6) is 1.52. The molecule has 0 fully saturated rings. The lowest BCUT2D eigenvalue weighted by atomic mass is 9.97. The monoisotopic (exact) mass is 289 g/mol. The number of aromatic nitrogens is 3. The first-order valence-corrected chi connectivity index (χ1v) is 8.12. The molecule has 0 unspecified atom stereocenters. The Morgan fingerprint density at radius 1 is 1.33 bits per heavy atom. The number of allylic oxidation sites excluding steroid dienone is 1. The maximum Gasteiger partial charge on any atom is 0.244 e. The van der Waals surface area contributed by atoms with Crippen LogP contribution in [0, 0.1) is 0 Å². The molecule has 0 saturated heterocycles. The van der Waals surface area contributed by atoms with E-state index in [0.29, 0.717) is 5.95 Å². The largest absolute Gasteiger partial charge is 0.358 e. The Morgan fingerprint density at radius 2 is 2.24 bits per heavy atom. The summed E-state index contributed by atoms with van der Waals surface area (Å²) < 4.78 is 0. The fraction of sp³-hybridized carbons (Fsp3) is 0.688. The van der Waals surface area contributed by atoms with Gasteiger partial charge in [0.25, 0.3) is 0 Å². The van der Waals surface area contributed by atoms with E-state index in [1.165, 1.54) is 32.1 Å². The minimum absolute atomic E-state index is 0.632. The van der Waals surface area contributed by atoms with Crippen molar-refractivity contribution in [1.29, 1.82) is 0 Å². The summed E-state index contributed by atoms with van der Waals surface area (Å²) >= 11 is 0. The second-order valence-corrected chi connectivity index (χ2v) is 5.70. The van der Waals surface area contributed by atoms with Crippen molar-refractivity contribution in [2.24, 2.45) is 0 Å². The highest BCUT2D eigenvalue weighted by molar-refractivity contribution is 5.39. The van der Waals surface area contributed by atoms with Gasteiger partial charge < -0.3 is 10.2 Å². The van der Waals surface area contributed by atoms with Crippen molar-refractivity contribution in [1.82, 2.24) is 15.2 Å². The van der Waals surface area contributed by atoms with Crippen LogP contribution in [0.25, 0.3) is 0 Å². The summed E-state index contributed by atoms with van der Waals surface area (Å²) in [7, 11) is 2.05. The Labute approximate surface area is 127 Å². The van der Waals surface area contributed by atoms with Crippen LogP contribution in [-0.4, -0.2) is 35.3 Å². The van der Waals surface area contributed by atoms with Gasteiger partial charge in [-0.1, -0.05) is 25.0 Å². The first kappa shape index (κ1) is 15.7. The van der Waals surface area contributed by atoms with Gasteiger partial charge in [0.05, 0.1) is 6.20 Å². The smallest absolute Gasteiger partial charge is 0.244 e. The third-order valence-corrected chi connectivity index (χ3v) is 3.90.